The molecule has 3 atom stereocenters. The third kappa shape index (κ3) is 6.65. The van der Waals surface area contributed by atoms with Gasteiger partial charge in [0.25, 0.3) is 0 Å². The van der Waals surface area contributed by atoms with Gasteiger partial charge in [-0.3, -0.25) is 0 Å². The highest BCUT2D eigenvalue weighted by molar-refractivity contribution is 9.10. The largest absolute Gasteiger partial charge is 0.331 e. The second kappa shape index (κ2) is 13.5. The SMILES string of the molecule is CCCCNC1(C(N)CCC)c2cc(Br)ccc2-c2ccc(/C(=N\OC(C)=O)C(C)/C(C)=N/OC(C)=O)cc21. The molecule has 39 heavy (non-hydrogen) atoms. The minimum Gasteiger partial charge on any atom is -0.326 e. The Balaban J connectivity index is 2.25. The predicted octanol–water partition coefficient (Wildman–Crippen LogP) is 6.03. The Hall–Kier alpha value is -2.88. The van der Waals surface area contributed by atoms with E-state index in [0.29, 0.717) is 11.4 Å². The van der Waals surface area contributed by atoms with E-state index in [2.05, 4.69) is 75.7 Å². The minimum atomic E-state index is -0.619. The number of hydrogen-bond donors (Lipinski definition) is 2. The number of carbonyl (C=O) groups excluding carboxylic acids is 2. The van der Waals surface area contributed by atoms with Crippen molar-refractivity contribution >= 4 is 39.3 Å². The lowest BCUT2D eigenvalue weighted by Gasteiger charge is -2.39. The molecule has 3 unspecified atom stereocenters. The van der Waals surface area contributed by atoms with E-state index in [1.165, 1.54) is 13.8 Å². The van der Waals surface area contributed by atoms with E-state index in [1.807, 2.05) is 13.0 Å². The van der Waals surface area contributed by atoms with Crippen LogP contribution in [0.15, 0.2) is 51.2 Å². The third-order valence-corrected chi connectivity index (χ3v) is 7.65. The smallest absolute Gasteiger partial charge is 0.326 e. The maximum Gasteiger partial charge on any atom is 0.331 e. The summed E-state index contributed by atoms with van der Waals surface area (Å²) in [5.74, 6) is -1.46. The summed E-state index contributed by atoms with van der Waals surface area (Å²) in [7, 11) is 0. The van der Waals surface area contributed by atoms with Crippen LogP contribution in [0.5, 0.6) is 0 Å². The van der Waals surface area contributed by atoms with Crippen LogP contribution in [0, 0.1) is 5.92 Å². The van der Waals surface area contributed by atoms with Crippen LogP contribution in [0.25, 0.3) is 11.1 Å². The highest BCUT2D eigenvalue weighted by Gasteiger charge is 2.47. The van der Waals surface area contributed by atoms with E-state index in [9.17, 15) is 9.59 Å². The Labute approximate surface area is 239 Å². The van der Waals surface area contributed by atoms with Crippen molar-refractivity contribution in [1.29, 1.82) is 0 Å². The number of hydrogen-bond acceptors (Lipinski definition) is 8. The molecule has 9 heteroatoms. The summed E-state index contributed by atoms with van der Waals surface area (Å²) in [6, 6.07) is 12.3. The van der Waals surface area contributed by atoms with Crippen molar-refractivity contribution in [2.24, 2.45) is 22.0 Å². The molecular formula is C30H39BrN4O4. The number of fused-ring (bicyclic) bond motifs is 3. The van der Waals surface area contributed by atoms with Gasteiger partial charge in [0.1, 0.15) is 0 Å². The zero-order valence-corrected chi connectivity index (χ0v) is 25.2. The highest BCUT2D eigenvalue weighted by Crippen LogP contribution is 2.50. The minimum absolute atomic E-state index is 0.192. The van der Waals surface area contributed by atoms with E-state index in [1.54, 1.807) is 6.92 Å². The Morgan fingerprint density at radius 3 is 2.21 bits per heavy atom. The molecule has 0 aliphatic heterocycles. The van der Waals surface area contributed by atoms with E-state index in [0.717, 1.165) is 64.5 Å². The summed E-state index contributed by atoms with van der Waals surface area (Å²) in [6.45, 7) is 11.3. The van der Waals surface area contributed by atoms with Gasteiger partial charge in [0.15, 0.2) is 0 Å². The first-order valence-corrected chi connectivity index (χ1v) is 14.3. The number of carbonyl (C=O) groups is 2. The van der Waals surface area contributed by atoms with Gasteiger partial charge in [0.2, 0.25) is 0 Å². The lowest BCUT2D eigenvalue weighted by molar-refractivity contribution is -0.141. The number of nitrogens with two attached hydrogens (primary N) is 1. The van der Waals surface area contributed by atoms with E-state index >= 15 is 0 Å². The van der Waals surface area contributed by atoms with Crippen LogP contribution >= 0.6 is 15.9 Å². The van der Waals surface area contributed by atoms with Gasteiger partial charge >= 0.3 is 11.9 Å². The fraction of sp³-hybridized carbons (Fsp3) is 0.467. The highest BCUT2D eigenvalue weighted by atomic mass is 79.9. The first-order chi connectivity index (χ1) is 18.6. The molecule has 0 radical (unpaired) electrons. The van der Waals surface area contributed by atoms with Gasteiger partial charge in [0.05, 0.1) is 17.0 Å². The number of benzene rings is 2. The van der Waals surface area contributed by atoms with E-state index in [4.69, 9.17) is 15.4 Å². The molecule has 0 saturated heterocycles. The fourth-order valence-corrected chi connectivity index (χ4v) is 5.47. The van der Waals surface area contributed by atoms with Crippen molar-refractivity contribution in [2.45, 2.75) is 78.8 Å². The van der Waals surface area contributed by atoms with Crippen LogP contribution in [-0.4, -0.2) is 35.9 Å². The average Bonchev–Trinajstić information content (AvgIpc) is 3.16. The standard InChI is InChI=1S/C30H39BrN4O4/c1-7-9-15-33-30(28(32)10-8-2)26-16-22(11-13-24(26)25-14-12-23(31)17-27(25)30)29(35-39-21(6)37)18(3)19(4)34-38-20(5)36/h11-14,16-18,28,33H,7-10,15,32H2,1-6H3/b34-19+,35-29-. The number of rotatable bonds is 12. The molecule has 2 aromatic carbocycles. The first-order valence-electron chi connectivity index (χ1n) is 13.5. The van der Waals surface area contributed by atoms with Gasteiger partial charge in [0, 0.05) is 35.8 Å². The first kappa shape index (κ1) is 30.7. The van der Waals surface area contributed by atoms with Crippen LogP contribution in [0.4, 0.5) is 0 Å². The molecule has 1 aliphatic carbocycles. The summed E-state index contributed by atoms with van der Waals surface area (Å²) in [6.07, 6.45) is 3.84. The molecule has 0 amide bonds. The van der Waals surface area contributed by atoms with Gasteiger partial charge in [-0.25, -0.2) is 9.59 Å². The molecule has 0 aromatic heterocycles. The second-order valence-corrected chi connectivity index (χ2v) is 10.9. The van der Waals surface area contributed by atoms with Gasteiger partial charge in [-0.2, -0.15) is 0 Å². The summed E-state index contributed by atoms with van der Waals surface area (Å²) in [5.41, 5.74) is 12.6. The predicted molar refractivity (Wildman–Crippen MR) is 158 cm³/mol. The molecule has 0 saturated carbocycles. The third-order valence-electron chi connectivity index (χ3n) is 7.15. The van der Waals surface area contributed by atoms with Gasteiger partial charge in [-0.05, 0) is 66.8 Å². The number of halogens is 1. The Bertz CT molecular complexity index is 1280. The molecular weight excluding hydrogens is 560 g/mol. The lowest BCUT2D eigenvalue weighted by atomic mass is 9.78. The molecule has 0 bridgehead atoms. The molecule has 0 heterocycles. The van der Waals surface area contributed by atoms with Crippen LogP contribution in [-0.2, 0) is 24.8 Å². The Kier molecular flexibility index (Phi) is 10.6. The van der Waals surface area contributed by atoms with E-state index in [-0.39, 0.29) is 6.04 Å². The molecule has 210 valence electrons. The topological polar surface area (TPSA) is 115 Å². The van der Waals surface area contributed by atoms with Crippen LogP contribution in [0.2, 0.25) is 0 Å². The number of nitrogens with one attached hydrogen (secondary N) is 1. The van der Waals surface area contributed by atoms with Crippen LogP contribution < -0.4 is 11.1 Å². The second-order valence-electron chi connectivity index (χ2n) is 10.0. The van der Waals surface area contributed by atoms with Crippen molar-refractivity contribution in [2.75, 3.05) is 6.54 Å². The lowest BCUT2D eigenvalue weighted by Crippen LogP contribution is -2.55. The molecule has 0 spiro atoms. The number of unbranched alkanes of at least 4 members (excludes halogenated alkanes) is 1. The molecule has 3 rings (SSSR count). The number of oxime groups is 2. The molecule has 2 aromatic rings. The Morgan fingerprint density at radius 1 is 0.974 bits per heavy atom. The maximum absolute atomic E-state index is 11.7. The normalized spacial score (nSPS) is 18.3. The summed E-state index contributed by atoms with van der Waals surface area (Å²) in [4.78, 5) is 33.0. The van der Waals surface area contributed by atoms with Gasteiger partial charge in [-0.15, -0.1) is 0 Å². The van der Waals surface area contributed by atoms with Crippen molar-refractivity contribution < 1.29 is 19.3 Å². The number of nitrogens with zero attached hydrogens (tertiary/aromatic N) is 2. The molecule has 1 aliphatic rings. The van der Waals surface area contributed by atoms with Crippen molar-refractivity contribution in [3.63, 3.8) is 0 Å². The molecule has 0 fully saturated rings. The van der Waals surface area contributed by atoms with Crippen molar-refractivity contribution in [1.82, 2.24) is 5.32 Å². The van der Waals surface area contributed by atoms with E-state index < -0.39 is 23.4 Å². The summed E-state index contributed by atoms with van der Waals surface area (Å²) >= 11 is 3.68. The van der Waals surface area contributed by atoms with Crippen molar-refractivity contribution in [3.05, 3.63) is 57.6 Å². The fourth-order valence-electron chi connectivity index (χ4n) is 5.11. The maximum atomic E-state index is 11.7. The quantitative estimate of drug-likeness (QED) is 0.133. The van der Waals surface area contributed by atoms with Gasteiger partial charge in [-0.1, -0.05) is 78.1 Å². The zero-order valence-electron chi connectivity index (χ0n) is 23.6. The zero-order chi connectivity index (χ0) is 28.7. The van der Waals surface area contributed by atoms with Crippen LogP contribution in [0.3, 0.4) is 0 Å². The monoisotopic (exact) mass is 598 g/mol. The van der Waals surface area contributed by atoms with Crippen LogP contribution in [0.1, 0.15) is 83.9 Å². The molecule has 3 N–H and O–H groups in total. The summed E-state index contributed by atoms with van der Waals surface area (Å²) < 4.78 is 0.989. The molecule has 8 nitrogen and oxygen atoms in total. The van der Waals surface area contributed by atoms with Gasteiger partial charge < -0.3 is 20.7 Å². The Morgan fingerprint density at radius 2 is 1.59 bits per heavy atom. The summed E-state index contributed by atoms with van der Waals surface area (Å²) in [5, 5.41) is 12.0. The van der Waals surface area contributed by atoms with Crippen molar-refractivity contribution in [3.8, 4) is 11.1 Å². The average molecular weight is 600 g/mol.